The Balaban J connectivity index is 1.89. The summed E-state index contributed by atoms with van der Waals surface area (Å²) in [4.78, 5) is 3.84. The third-order valence-corrected chi connectivity index (χ3v) is 2.42. The van der Waals surface area contributed by atoms with Crippen LogP contribution in [0.15, 0.2) is 12.4 Å². The Hall–Kier alpha value is -1.01. The van der Waals surface area contributed by atoms with E-state index in [9.17, 15) is 8.78 Å². The summed E-state index contributed by atoms with van der Waals surface area (Å²) in [7, 11) is 0. The second-order valence-corrected chi connectivity index (χ2v) is 3.45. The lowest BCUT2D eigenvalue weighted by atomic mass is 10.3. The maximum atomic E-state index is 12.4. The van der Waals surface area contributed by atoms with E-state index in [1.54, 1.807) is 0 Å². The number of rotatable bonds is 4. The Bertz CT molecular complexity index is 310. The molecule has 1 aromatic heterocycles. The second kappa shape index (κ2) is 4.67. The van der Waals surface area contributed by atoms with E-state index < -0.39 is 6.55 Å². The highest BCUT2D eigenvalue weighted by Crippen LogP contribution is 2.14. The van der Waals surface area contributed by atoms with Gasteiger partial charge in [-0.05, 0) is 13.0 Å². The first-order valence-electron chi connectivity index (χ1n) is 4.89. The van der Waals surface area contributed by atoms with Gasteiger partial charge in [0.15, 0.2) is 0 Å². The van der Waals surface area contributed by atoms with E-state index in [4.69, 9.17) is 4.74 Å². The molecule has 2 heterocycles. The van der Waals surface area contributed by atoms with Crippen molar-refractivity contribution in [3.05, 3.63) is 18.2 Å². The standard InChI is InChI=1S/C9H13F2N3O/c10-9(11)14-4-3-13-8(14)6-15-7-1-2-12-5-7/h3-4,7,9,12H,1-2,5-6H2. The molecule has 2 rings (SSSR count). The number of hydrogen-bond acceptors (Lipinski definition) is 3. The summed E-state index contributed by atoms with van der Waals surface area (Å²) in [5.41, 5.74) is 0. The predicted octanol–water partition coefficient (Wildman–Crippen LogP) is 1.16. The molecule has 1 aromatic rings. The monoisotopic (exact) mass is 217 g/mol. The van der Waals surface area contributed by atoms with E-state index in [2.05, 4.69) is 10.3 Å². The molecule has 0 amide bonds. The van der Waals surface area contributed by atoms with Gasteiger partial charge in [-0.2, -0.15) is 8.78 Å². The molecule has 0 aliphatic carbocycles. The lowest BCUT2D eigenvalue weighted by Gasteiger charge is -2.11. The van der Waals surface area contributed by atoms with E-state index in [-0.39, 0.29) is 18.5 Å². The molecular weight excluding hydrogens is 204 g/mol. The van der Waals surface area contributed by atoms with Gasteiger partial charge in [-0.3, -0.25) is 4.57 Å². The summed E-state index contributed by atoms with van der Waals surface area (Å²) in [6, 6.07) is 0. The second-order valence-electron chi connectivity index (χ2n) is 3.45. The van der Waals surface area contributed by atoms with Gasteiger partial charge in [0, 0.05) is 18.9 Å². The Kier molecular flexibility index (Phi) is 3.27. The number of aromatic nitrogens is 2. The maximum absolute atomic E-state index is 12.4. The highest BCUT2D eigenvalue weighted by molar-refractivity contribution is 4.91. The van der Waals surface area contributed by atoms with Crippen LogP contribution in [0.25, 0.3) is 0 Å². The van der Waals surface area contributed by atoms with Crippen LogP contribution in [0.2, 0.25) is 0 Å². The van der Waals surface area contributed by atoms with E-state index in [0.29, 0.717) is 0 Å². The molecule has 1 saturated heterocycles. The van der Waals surface area contributed by atoms with Gasteiger partial charge >= 0.3 is 6.55 Å². The molecule has 0 spiro atoms. The molecular formula is C9H13F2N3O. The van der Waals surface area contributed by atoms with E-state index >= 15 is 0 Å². The van der Waals surface area contributed by atoms with Crippen molar-refractivity contribution in [2.45, 2.75) is 25.7 Å². The number of ether oxygens (including phenoxy) is 1. The fraction of sp³-hybridized carbons (Fsp3) is 0.667. The molecule has 15 heavy (non-hydrogen) atoms. The quantitative estimate of drug-likeness (QED) is 0.822. The fourth-order valence-corrected chi connectivity index (χ4v) is 1.60. The normalized spacial score (nSPS) is 21.4. The van der Waals surface area contributed by atoms with Gasteiger partial charge in [-0.15, -0.1) is 0 Å². The summed E-state index contributed by atoms with van der Waals surface area (Å²) in [5.74, 6) is 0.275. The van der Waals surface area contributed by atoms with E-state index in [1.807, 2.05) is 0 Å². The van der Waals surface area contributed by atoms with Crippen LogP contribution in [0.5, 0.6) is 0 Å². The lowest BCUT2D eigenvalue weighted by molar-refractivity contribution is 0.0284. The van der Waals surface area contributed by atoms with Crippen molar-refractivity contribution in [1.82, 2.24) is 14.9 Å². The van der Waals surface area contributed by atoms with Gasteiger partial charge in [0.1, 0.15) is 12.4 Å². The van der Waals surface area contributed by atoms with E-state index in [0.717, 1.165) is 24.1 Å². The van der Waals surface area contributed by atoms with Crippen LogP contribution in [0.4, 0.5) is 8.78 Å². The fourth-order valence-electron chi connectivity index (χ4n) is 1.60. The van der Waals surface area contributed by atoms with Crippen LogP contribution in [0.3, 0.4) is 0 Å². The zero-order valence-corrected chi connectivity index (χ0v) is 8.20. The van der Waals surface area contributed by atoms with Crippen molar-refractivity contribution in [3.8, 4) is 0 Å². The van der Waals surface area contributed by atoms with Gasteiger partial charge in [0.2, 0.25) is 0 Å². The van der Waals surface area contributed by atoms with Crippen LogP contribution in [-0.4, -0.2) is 28.7 Å². The van der Waals surface area contributed by atoms with Crippen molar-refractivity contribution < 1.29 is 13.5 Å². The molecule has 0 aromatic carbocycles. The summed E-state index contributed by atoms with van der Waals surface area (Å²) in [5, 5.41) is 3.14. The number of alkyl halides is 2. The SMILES string of the molecule is FC(F)n1ccnc1COC1CCNC1. The summed E-state index contributed by atoms with van der Waals surface area (Å²) in [6.07, 6.45) is 3.66. The summed E-state index contributed by atoms with van der Waals surface area (Å²) >= 11 is 0. The predicted molar refractivity (Wildman–Crippen MR) is 49.5 cm³/mol. The Morgan fingerprint density at radius 1 is 1.67 bits per heavy atom. The third-order valence-electron chi connectivity index (χ3n) is 2.42. The van der Waals surface area contributed by atoms with Crippen molar-refractivity contribution >= 4 is 0 Å². The molecule has 1 atom stereocenters. The van der Waals surface area contributed by atoms with Crippen LogP contribution in [0.1, 0.15) is 18.8 Å². The smallest absolute Gasteiger partial charge is 0.320 e. The highest BCUT2D eigenvalue weighted by atomic mass is 19.3. The molecule has 1 aliphatic heterocycles. The first kappa shape index (κ1) is 10.5. The van der Waals surface area contributed by atoms with Gasteiger partial charge in [-0.25, -0.2) is 4.98 Å². The minimum absolute atomic E-state index is 0.118. The van der Waals surface area contributed by atoms with Crippen molar-refractivity contribution in [1.29, 1.82) is 0 Å². The molecule has 6 heteroatoms. The zero-order chi connectivity index (χ0) is 10.7. The average Bonchev–Trinajstić information content (AvgIpc) is 2.86. The van der Waals surface area contributed by atoms with Crippen molar-refractivity contribution in [2.75, 3.05) is 13.1 Å². The van der Waals surface area contributed by atoms with Crippen molar-refractivity contribution in [2.24, 2.45) is 0 Å². The summed E-state index contributed by atoms with van der Waals surface area (Å²) in [6.45, 7) is -0.694. The molecule has 4 nitrogen and oxygen atoms in total. The van der Waals surface area contributed by atoms with Gasteiger partial charge < -0.3 is 10.1 Å². The third kappa shape index (κ3) is 2.51. The molecule has 1 unspecified atom stereocenters. The zero-order valence-electron chi connectivity index (χ0n) is 8.20. The molecule has 0 bridgehead atoms. The first-order valence-corrected chi connectivity index (χ1v) is 4.89. The Morgan fingerprint density at radius 3 is 3.20 bits per heavy atom. The highest BCUT2D eigenvalue weighted by Gasteiger charge is 2.17. The molecule has 1 aliphatic rings. The molecule has 84 valence electrons. The topological polar surface area (TPSA) is 39.1 Å². The van der Waals surface area contributed by atoms with Gasteiger partial charge in [-0.1, -0.05) is 0 Å². The molecule has 0 radical (unpaired) electrons. The minimum atomic E-state index is -2.55. The van der Waals surface area contributed by atoms with Crippen LogP contribution >= 0.6 is 0 Å². The largest absolute Gasteiger partial charge is 0.369 e. The number of halogens is 2. The van der Waals surface area contributed by atoms with Crippen LogP contribution < -0.4 is 5.32 Å². The maximum Gasteiger partial charge on any atom is 0.320 e. The van der Waals surface area contributed by atoms with Crippen LogP contribution in [-0.2, 0) is 11.3 Å². The van der Waals surface area contributed by atoms with Crippen LogP contribution in [0, 0.1) is 0 Å². The number of hydrogen-bond donors (Lipinski definition) is 1. The minimum Gasteiger partial charge on any atom is -0.369 e. The van der Waals surface area contributed by atoms with Crippen molar-refractivity contribution in [3.63, 3.8) is 0 Å². The number of imidazole rings is 1. The number of nitrogens with one attached hydrogen (secondary N) is 1. The number of nitrogens with zero attached hydrogens (tertiary/aromatic N) is 2. The van der Waals surface area contributed by atoms with E-state index in [1.165, 1.54) is 12.4 Å². The Labute approximate surface area is 86.2 Å². The van der Waals surface area contributed by atoms with Gasteiger partial charge in [0.05, 0.1) is 6.10 Å². The first-order chi connectivity index (χ1) is 7.27. The lowest BCUT2D eigenvalue weighted by Crippen LogP contribution is -2.18. The molecule has 1 fully saturated rings. The Morgan fingerprint density at radius 2 is 2.53 bits per heavy atom. The average molecular weight is 217 g/mol. The summed E-state index contributed by atoms with van der Waals surface area (Å²) < 4.78 is 31.1. The molecule has 0 saturated carbocycles. The van der Waals surface area contributed by atoms with Gasteiger partial charge in [0.25, 0.3) is 0 Å². The molecule has 1 N–H and O–H groups in total.